The minimum absolute atomic E-state index is 0.00990. The molecule has 0 saturated carbocycles. The number of thioether (sulfide) groups is 1. The predicted octanol–water partition coefficient (Wildman–Crippen LogP) is -0.583. The molecule has 0 aliphatic carbocycles. The quantitative estimate of drug-likeness (QED) is 0.0194. The maximum Gasteiger partial charge on any atom is 0.305 e. The van der Waals surface area contributed by atoms with Crippen LogP contribution in [-0.2, 0) is 107 Å². The first-order valence-corrected chi connectivity index (χ1v) is 45.3. The number of benzene rings is 5. The van der Waals surface area contributed by atoms with E-state index in [0.29, 0.717) is 33.2 Å². The number of aliphatic carboxylic acids is 1. The second kappa shape index (κ2) is 52.3. The first-order valence-electron chi connectivity index (χ1n) is 44.2. The largest absolute Gasteiger partial charge is 0.508 e. The molecule has 7 rings (SSSR count). The van der Waals surface area contributed by atoms with Crippen LogP contribution in [0.25, 0.3) is 22.0 Å². The summed E-state index contributed by atoms with van der Waals surface area (Å²) in [6.07, 6.45) is -1.16. The lowest BCUT2D eigenvalue weighted by Gasteiger charge is -2.32. The Morgan fingerprint density at radius 2 is 0.925 bits per heavy atom. The number of hydrogen-bond acceptors (Lipinski definition) is 21. The van der Waals surface area contributed by atoms with Gasteiger partial charge in [-0.3, -0.25) is 86.9 Å². The molecule has 16 amide bonds. The third-order valence-corrected chi connectivity index (χ3v) is 23.1. The van der Waals surface area contributed by atoms with E-state index in [4.69, 9.17) is 16.9 Å². The number of rotatable bonds is 25. The van der Waals surface area contributed by atoms with E-state index in [-0.39, 0.29) is 63.2 Å². The Kier molecular flexibility index (Phi) is 41.8. The topological polar surface area (TPSA) is 617 Å². The Labute approximate surface area is 781 Å². The first kappa shape index (κ1) is 107. The van der Waals surface area contributed by atoms with Crippen molar-refractivity contribution in [1.82, 2.24) is 89.2 Å². The number of carboxylic acids is 1. The van der Waals surface area contributed by atoms with Gasteiger partial charge >= 0.3 is 5.97 Å². The summed E-state index contributed by atoms with van der Waals surface area (Å²) < 4.78 is 0. The summed E-state index contributed by atoms with van der Waals surface area (Å²) in [4.78, 5) is 251. The fraction of sp³-hybridized carbons (Fsp3) is 0.462. The van der Waals surface area contributed by atoms with E-state index in [1.807, 2.05) is 30.3 Å². The van der Waals surface area contributed by atoms with E-state index in [1.165, 1.54) is 45.3 Å². The number of aromatic hydroxyl groups is 1. The van der Waals surface area contributed by atoms with Crippen molar-refractivity contribution in [2.75, 3.05) is 51.8 Å². The van der Waals surface area contributed by atoms with E-state index in [1.54, 1.807) is 140 Å². The number of amides is 16. The van der Waals surface area contributed by atoms with Gasteiger partial charge < -0.3 is 116 Å². The number of carboxylic acid groups (broad SMARTS) is 1. The molecule has 1 aliphatic heterocycles. The molecule has 1 saturated heterocycles. The highest BCUT2D eigenvalue weighted by molar-refractivity contribution is 8.00. The number of phenolic OH excluding ortho intramolecular Hbond substituents is 1. The van der Waals surface area contributed by atoms with Gasteiger partial charge in [-0.05, 0) is 108 Å². The summed E-state index contributed by atoms with van der Waals surface area (Å²) in [5.74, 6) is -21.2. The molecule has 0 spiro atoms. The lowest BCUT2D eigenvalue weighted by molar-refractivity contribution is -0.146. The van der Waals surface area contributed by atoms with Gasteiger partial charge in [0.1, 0.15) is 84.3 Å². The molecule has 40 nitrogen and oxygen atoms in total. The summed E-state index contributed by atoms with van der Waals surface area (Å²) in [6.45, 7) is 12.1. The number of aliphatic hydroxyl groups excluding tert-OH is 1. The lowest BCUT2D eigenvalue weighted by atomic mass is 9.98. The number of para-hydroxylation sites is 1. The number of H-pyrrole nitrogens is 1. The molecule has 0 radical (unpaired) electrons. The predicted molar refractivity (Wildman–Crippen MR) is 499 cm³/mol. The third-order valence-electron chi connectivity index (χ3n) is 22.1. The number of phenols is 1. The molecule has 5 aromatic carbocycles. The summed E-state index contributed by atoms with van der Waals surface area (Å²) in [6, 6.07) is 16.0. The normalized spacial score (nSPS) is 22.7. The highest BCUT2D eigenvalue weighted by Gasteiger charge is 2.41. The number of aromatic amines is 1. The van der Waals surface area contributed by atoms with Crippen molar-refractivity contribution in [3.63, 3.8) is 0 Å². The van der Waals surface area contributed by atoms with Crippen LogP contribution in [-0.4, -0.2) is 267 Å². The average Bonchev–Trinajstić information content (AvgIpc) is 1.65. The average molecular weight is 1880 g/mol. The molecule has 1 aliphatic rings. The van der Waals surface area contributed by atoms with E-state index in [2.05, 4.69) is 79.4 Å². The molecule has 1 fully saturated rings. The van der Waals surface area contributed by atoms with Crippen LogP contribution in [0.2, 0.25) is 0 Å². The number of likely N-dealkylation sites (N-methyl/N-ethyl adjacent to an activating group) is 2. The van der Waals surface area contributed by atoms with Gasteiger partial charge in [0.2, 0.25) is 94.5 Å². The van der Waals surface area contributed by atoms with E-state index in [9.17, 15) is 63.3 Å². The molecule has 1 aromatic heterocycles. The van der Waals surface area contributed by atoms with Crippen molar-refractivity contribution in [2.24, 2.45) is 35.1 Å². The van der Waals surface area contributed by atoms with Crippen LogP contribution in [0.1, 0.15) is 117 Å². The van der Waals surface area contributed by atoms with Crippen LogP contribution in [0.4, 0.5) is 0 Å². The van der Waals surface area contributed by atoms with Crippen molar-refractivity contribution in [2.45, 2.75) is 199 Å². The summed E-state index contributed by atoms with van der Waals surface area (Å²) >= 11 is 0.717. The number of primary amides is 1. The number of carbonyl (C=O) groups excluding carboxylic acids is 16. The molecule has 724 valence electrons. The Morgan fingerprint density at radius 1 is 0.485 bits per heavy atom. The second-order valence-electron chi connectivity index (χ2n) is 34.6. The van der Waals surface area contributed by atoms with Crippen molar-refractivity contribution in [3.05, 3.63) is 162 Å². The molecule has 0 unspecified atom stereocenters. The summed E-state index contributed by atoms with van der Waals surface area (Å²) in [7, 11) is 2.55. The Bertz CT molecular complexity index is 5100. The van der Waals surface area contributed by atoms with E-state index < -0.39 is 247 Å². The zero-order chi connectivity index (χ0) is 98.7. The van der Waals surface area contributed by atoms with Gasteiger partial charge in [-0.2, -0.15) is 0 Å². The molecule has 6 aromatic rings. The maximum absolute atomic E-state index is 15.5. The van der Waals surface area contributed by atoms with Crippen molar-refractivity contribution in [1.29, 1.82) is 5.41 Å². The number of aromatic nitrogens is 1. The molecule has 0 bridgehead atoms. The first-order chi connectivity index (χ1) is 63.5. The molecule has 134 heavy (non-hydrogen) atoms. The minimum atomic E-state index is -2.07. The third kappa shape index (κ3) is 34.0. The van der Waals surface area contributed by atoms with Crippen LogP contribution in [0.3, 0.4) is 0 Å². The van der Waals surface area contributed by atoms with Gasteiger partial charge in [-0.15, -0.1) is 11.8 Å². The molecule has 41 heteroatoms. The molecule has 2 heterocycles. The number of aliphatic hydroxyl groups is 1. The van der Waals surface area contributed by atoms with Gasteiger partial charge in [0.05, 0.1) is 31.9 Å². The van der Waals surface area contributed by atoms with Gasteiger partial charge in [-0.25, -0.2) is 0 Å². The SMILES string of the molecule is CC(C)C[C@@H]1NC(=O)[C@H](Cc2c[nH]c3ccccc23)NC(=O)[C@H](CC(=O)O)NC(=O)[C@H](Cc2ccc(O)cc2)NC(=O)[C@H](Cc2ccccc2)NC(=O)CSC[C@@H](C(=O)NCC(N)=O)NC(=O)[C@H](CO)NC(=O)[C@H](C(C)C)NC(=O)[C@H](CC(C)C)NC(=O)[C@H](C(C)C)NC(=O)CN(C)C(=O)[C@H](C)N(C)C(=O)[C@H](CCCNC(=N)N)NC(=O)[C@H](Cc2ccc(-c3ccccc3)cc2)NC1=O. The minimum Gasteiger partial charge on any atom is -0.508 e. The van der Waals surface area contributed by atoms with Crippen LogP contribution in [0, 0.1) is 29.1 Å². The Balaban J connectivity index is 1.32. The summed E-state index contributed by atoms with van der Waals surface area (Å²) in [5.41, 5.74) is 14.9. The molecular formula is C93H126N20O20S. The number of carbonyl (C=O) groups is 17. The second-order valence-corrected chi connectivity index (χ2v) is 35.7. The fourth-order valence-corrected chi connectivity index (χ4v) is 15.6. The fourth-order valence-electron chi connectivity index (χ4n) is 14.7. The maximum atomic E-state index is 15.5. The molecule has 23 N–H and O–H groups in total. The monoisotopic (exact) mass is 1870 g/mol. The smallest absolute Gasteiger partial charge is 0.305 e. The summed E-state index contributed by atoms with van der Waals surface area (Å²) in [5, 5.41) is 76.3. The highest BCUT2D eigenvalue weighted by atomic mass is 32.2. The van der Waals surface area contributed by atoms with Crippen molar-refractivity contribution in [3.8, 4) is 16.9 Å². The van der Waals surface area contributed by atoms with Crippen molar-refractivity contribution < 1.29 is 96.8 Å². The van der Waals surface area contributed by atoms with Gasteiger partial charge in [0, 0.05) is 69.2 Å². The zero-order valence-corrected chi connectivity index (χ0v) is 77.8. The Hall–Kier alpha value is -14.0. The van der Waals surface area contributed by atoms with Crippen LogP contribution in [0.15, 0.2) is 140 Å². The van der Waals surface area contributed by atoms with Crippen molar-refractivity contribution >= 4 is 129 Å². The number of fused-ring (bicyclic) bond motifs is 1. The highest BCUT2D eigenvalue weighted by Crippen LogP contribution is 2.24. The number of guanidine groups is 1. The Morgan fingerprint density at radius 3 is 1.46 bits per heavy atom. The number of hydrogen-bond donors (Lipinski definition) is 21. The number of nitrogens with two attached hydrogens (primary N) is 2. The van der Waals surface area contributed by atoms with E-state index >= 15 is 33.6 Å². The van der Waals surface area contributed by atoms with Gasteiger partial charge in [0.15, 0.2) is 5.96 Å². The molecular weight excluding hydrogens is 1750 g/mol. The lowest BCUT2D eigenvalue weighted by Crippen LogP contribution is -2.61. The molecule has 13 atom stereocenters. The standard InChI is InChI=1S/C93H126N20O20S/c1-50(2)37-65-81(122)103-68(40-56-28-32-59(33-29-56)58-23-16-13-17-24-58)83(124)101-64(27-20-36-97-93(95)96)92(133)113(11)54(9)91(132)112(10)46-75(117)110-78(52(5)6)89(130)107-66(38-51(3)4)87(128)111-79(53(7)8)90(131)108-72(47-114)88(129)109-73(80(121)99-45-74(94)116)48-134-49-76(118)100-67(39-55-21-14-12-15-22-55)82(123)104-69(41-57-30-34-61(115)35-31-57)84(125)106-71(43-77(119)120)86(127)105-70(85(126)102-65)42-60-44-98-63-26-19-18-25-62(60)63/h12-19,21-26,28-35,44,50-54,64-73,78-79,98,114-115H,20,27,36-43,45-49H2,1-11H3,(H2,94,116)(H,99,121)(H,100,118)(H,101,124)(H,102,126)(H,103,122)(H,104,123)(H,105,127)(H,106,125)(H,107,130)(H,108,131)(H,109,129)(H,110,117)(H,111,128)(H,119,120)(H4,95,96,97)/t54-,64-,65-,66-,67-,68-,69-,70-,71-,72-,73-,78-,79-/m0/s1. The van der Waals surface area contributed by atoms with E-state index in [0.717, 1.165) is 32.7 Å². The van der Waals surface area contributed by atoms with Crippen LogP contribution in [0.5, 0.6) is 5.75 Å². The van der Waals surface area contributed by atoms with Gasteiger partial charge in [-0.1, -0.05) is 171 Å². The van der Waals surface area contributed by atoms with Crippen LogP contribution >= 0.6 is 11.8 Å². The van der Waals surface area contributed by atoms with Gasteiger partial charge in [0.25, 0.3) is 0 Å². The van der Waals surface area contributed by atoms with Crippen LogP contribution < -0.4 is 85.9 Å². The number of nitrogens with zero attached hydrogens (tertiary/aromatic N) is 2. The number of nitrogens with one attached hydrogen (secondary N) is 16. The zero-order valence-electron chi connectivity index (χ0n) is 76.9.